The lowest BCUT2D eigenvalue weighted by molar-refractivity contribution is -0.114. The molecule has 1 aliphatic rings. The van der Waals surface area contributed by atoms with Crippen LogP contribution in [0.25, 0.3) is 17.4 Å². The number of hydrazone groups is 1. The van der Waals surface area contributed by atoms with Gasteiger partial charge in [-0.15, -0.1) is 0 Å². The number of carbonyl (C=O) groups is 2. The van der Waals surface area contributed by atoms with Gasteiger partial charge in [0.1, 0.15) is 11.5 Å². The summed E-state index contributed by atoms with van der Waals surface area (Å²) in [5.74, 6) is 0.691. The zero-order valence-corrected chi connectivity index (χ0v) is 18.1. The van der Waals surface area contributed by atoms with E-state index >= 15 is 0 Å². The van der Waals surface area contributed by atoms with Gasteiger partial charge in [-0.25, -0.2) is 13.6 Å². The third-order valence-corrected chi connectivity index (χ3v) is 5.89. The van der Waals surface area contributed by atoms with Crippen LogP contribution in [0.4, 0.5) is 5.69 Å². The third-order valence-electron chi connectivity index (χ3n) is 4.96. The number of carbonyl (C=O) groups excluding carboxylic acids is 2. The van der Waals surface area contributed by atoms with E-state index in [4.69, 9.17) is 9.56 Å². The van der Waals surface area contributed by atoms with Crippen LogP contribution in [0.15, 0.2) is 80.7 Å². The Morgan fingerprint density at radius 2 is 1.69 bits per heavy atom. The number of benzene rings is 2. The van der Waals surface area contributed by atoms with Gasteiger partial charge in [-0.3, -0.25) is 9.59 Å². The number of nitrogens with zero attached hydrogens (tertiary/aromatic N) is 2. The summed E-state index contributed by atoms with van der Waals surface area (Å²) in [4.78, 5) is 24.3. The maximum Gasteiger partial charge on any atom is 0.280 e. The maximum absolute atomic E-state index is 12.9. The fraction of sp³-hybridized carbons (Fsp3) is 0.0870. The molecule has 32 heavy (non-hydrogen) atoms. The molecule has 2 N–H and O–H groups in total. The molecule has 0 radical (unpaired) electrons. The largest absolute Gasteiger partial charge is 0.457 e. The molecule has 1 aromatic heterocycles. The molecule has 2 aromatic carbocycles. The molecule has 0 saturated heterocycles. The molecule has 0 spiro atoms. The molecule has 4 rings (SSSR count). The molecular formula is C23H19N3O5S. The summed E-state index contributed by atoms with van der Waals surface area (Å²) in [5, 5.41) is 10.6. The van der Waals surface area contributed by atoms with E-state index in [0.29, 0.717) is 34.1 Å². The smallest absolute Gasteiger partial charge is 0.280 e. The van der Waals surface area contributed by atoms with Gasteiger partial charge < -0.3 is 4.42 Å². The summed E-state index contributed by atoms with van der Waals surface area (Å²) >= 11 is 0. The number of sulfonamides is 1. The van der Waals surface area contributed by atoms with E-state index in [2.05, 4.69) is 5.10 Å². The lowest BCUT2D eigenvalue weighted by Gasteiger charge is -2.11. The second-order valence-corrected chi connectivity index (χ2v) is 8.80. The van der Waals surface area contributed by atoms with Crippen molar-refractivity contribution < 1.29 is 22.4 Å². The Labute approximate surface area is 184 Å². The van der Waals surface area contributed by atoms with Gasteiger partial charge in [-0.1, -0.05) is 24.3 Å². The van der Waals surface area contributed by atoms with Gasteiger partial charge >= 0.3 is 0 Å². The molecule has 8 nitrogen and oxygen atoms in total. The van der Waals surface area contributed by atoms with Crippen molar-refractivity contribution in [1.29, 1.82) is 0 Å². The lowest BCUT2D eigenvalue weighted by Crippen LogP contribution is -2.21. The van der Waals surface area contributed by atoms with Gasteiger partial charge in [0.25, 0.3) is 5.91 Å². The molecule has 0 bridgehead atoms. The van der Waals surface area contributed by atoms with Crippen LogP contribution in [-0.2, 0) is 14.8 Å². The highest BCUT2D eigenvalue weighted by molar-refractivity contribution is 7.89. The number of hydrogen-bond acceptors (Lipinski definition) is 6. The van der Waals surface area contributed by atoms with Gasteiger partial charge in [0.15, 0.2) is 5.78 Å². The van der Waals surface area contributed by atoms with Crippen molar-refractivity contribution in [2.75, 3.05) is 5.01 Å². The van der Waals surface area contributed by atoms with Crippen LogP contribution in [0, 0.1) is 0 Å². The first-order valence-electron chi connectivity index (χ1n) is 9.59. The maximum atomic E-state index is 12.9. The average molecular weight is 449 g/mol. The summed E-state index contributed by atoms with van der Waals surface area (Å²) < 4.78 is 28.7. The van der Waals surface area contributed by atoms with Crippen LogP contribution in [0.1, 0.15) is 30.0 Å². The van der Waals surface area contributed by atoms with Crippen LogP contribution in [-0.4, -0.2) is 25.8 Å². The second-order valence-electron chi connectivity index (χ2n) is 7.23. The van der Waals surface area contributed by atoms with E-state index in [1.165, 1.54) is 36.2 Å². The molecule has 3 aromatic rings. The van der Waals surface area contributed by atoms with Crippen LogP contribution < -0.4 is 10.1 Å². The van der Waals surface area contributed by atoms with E-state index in [9.17, 15) is 18.0 Å². The summed E-state index contributed by atoms with van der Waals surface area (Å²) in [6.07, 6.45) is 1.60. The summed E-state index contributed by atoms with van der Waals surface area (Å²) in [5.41, 5.74) is 2.68. The number of nitrogens with two attached hydrogens (primary N) is 1. The molecule has 0 atom stereocenters. The third kappa shape index (κ3) is 4.16. The number of anilines is 1. The normalized spacial score (nSPS) is 15.3. The van der Waals surface area contributed by atoms with Crippen molar-refractivity contribution in [2.45, 2.75) is 18.7 Å². The highest BCUT2D eigenvalue weighted by Gasteiger charge is 2.29. The topological polar surface area (TPSA) is 123 Å². The van der Waals surface area contributed by atoms with Crippen LogP contribution in [0.2, 0.25) is 0 Å². The minimum absolute atomic E-state index is 0.0141. The van der Waals surface area contributed by atoms with Crippen LogP contribution in [0.3, 0.4) is 0 Å². The van der Waals surface area contributed by atoms with Crippen LogP contribution >= 0.6 is 0 Å². The minimum atomic E-state index is -3.83. The second kappa shape index (κ2) is 8.03. The Bertz CT molecular complexity index is 1380. The first-order chi connectivity index (χ1) is 15.1. The van der Waals surface area contributed by atoms with Crippen molar-refractivity contribution in [1.82, 2.24) is 0 Å². The molecule has 0 aliphatic carbocycles. The first-order valence-corrected chi connectivity index (χ1v) is 11.1. The number of rotatable bonds is 5. The lowest BCUT2D eigenvalue weighted by atomic mass is 10.1. The Morgan fingerprint density at radius 1 is 1.03 bits per heavy atom. The Balaban J connectivity index is 1.57. The molecule has 0 saturated carbocycles. The van der Waals surface area contributed by atoms with Crippen molar-refractivity contribution >= 4 is 39.2 Å². The van der Waals surface area contributed by atoms with Gasteiger partial charge in [0.2, 0.25) is 10.0 Å². The number of ketones is 1. The highest BCUT2D eigenvalue weighted by atomic mass is 32.2. The molecule has 9 heteroatoms. The van der Waals surface area contributed by atoms with E-state index in [0.717, 1.165) is 5.56 Å². The molecular weight excluding hydrogens is 430 g/mol. The standard InChI is InChI=1S/C23H19N3O5S/c1-14-21(23(28)26(25-14)18-7-10-20(11-8-18)32(24,29)30)13-19-9-12-22(31-19)17-5-3-16(4-6-17)15(2)27/h3-13H,1-2H3,(H2,24,29,30)/b21-13+. The van der Waals surface area contributed by atoms with Crippen molar-refractivity contribution in [3.63, 3.8) is 0 Å². The molecule has 2 heterocycles. The minimum Gasteiger partial charge on any atom is -0.457 e. The molecule has 162 valence electrons. The fourth-order valence-electron chi connectivity index (χ4n) is 3.23. The Kier molecular flexibility index (Phi) is 5.37. The van der Waals surface area contributed by atoms with Gasteiger partial charge in [0.05, 0.1) is 21.9 Å². The molecule has 0 fully saturated rings. The highest BCUT2D eigenvalue weighted by Crippen LogP contribution is 2.28. The van der Waals surface area contributed by atoms with E-state index in [-0.39, 0.29) is 16.6 Å². The van der Waals surface area contributed by atoms with Crippen LogP contribution in [0.5, 0.6) is 0 Å². The number of furan rings is 1. The zero-order valence-electron chi connectivity index (χ0n) is 17.3. The van der Waals surface area contributed by atoms with E-state index < -0.39 is 10.0 Å². The van der Waals surface area contributed by atoms with Crippen molar-refractivity contribution in [2.24, 2.45) is 10.2 Å². The van der Waals surface area contributed by atoms with Crippen molar-refractivity contribution in [3.8, 4) is 11.3 Å². The average Bonchev–Trinajstić information content (AvgIpc) is 3.33. The number of amides is 1. The predicted octanol–water partition coefficient (Wildman–Crippen LogP) is 3.60. The summed E-state index contributed by atoms with van der Waals surface area (Å²) in [6, 6.07) is 16.2. The Hall–Kier alpha value is -3.82. The summed E-state index contributed by atoms with van der Waals surface area (Å²) in [6.45, 7) is 3.21. The first kappa shape index (κ1) is 21.4. The number of Topliss-reactive ketones (excluding diaryl/α,β-unsaturated/α-hetero) is 1. The van der Waals surface area contributed by atoms with Gasteiger partial charge in [0, 0.05) is 11.1 Å². The SMILES string of the molecule is CC(=O)c1ccc(-c2ccc(/C=C3/C(=O)N(c4ccc(S(N)(=O)=O)cc4)N=C3C)o2)cc1. The predicted molar refractivity (Wildman–Crippen MR) is 121 cm³/mol. The number of primary sulfonamides is 1. The molecule has 1 amide bonds. The van der Waals surface area contributed by atoms with E-state index in [1.54, 1.807) is 49.4 Å². The number of hydrogen-bond donors (Lipinski definition) is 1. The van der Waals surface area contributed by atoms with Crippen molar-refractivity contribution in [3.05, 3.63) is 77.6 Å². The Morgan fingerprint density at radius 3 is 2.28 bits per heavy atom. The molecule has 1 aliphatic heterocycles. The van der Waals surface area contributed by atoms with Gasteiger partial charge in [-0.2, -0.15) is 10.1 Å². The molecule has 0 unspecified atom stereocenters. The monoisotopic (exact) mass is 449 g/mol. The fourth-order valence-corrected chi connectivity index (χ4v) is 3.75. The quantitative estimate of drug-likeness (QED) is 0.471. The zero-order chi connectivity index (χ0) is 23.0. The van der Waals surface area contributed by atoms with E-state index in [1.807, 2.05) is 0 Å². The summed E-state index contributed by atoms with van der Waals surface area (Å²) in [7, 11) is -3.83. The van der Waals surface area contributed by atoms with Gasteiger partial charge in [-0.05, 0) is 56.3 Å².